The van der Waals surface area contributed by atoms with E-state index < -0.39 is 0 Å². The van der Waals surface area contributed by atoms with Gasteiger partial charge >= 0.3 is 0 Å². The van der Waals surface area contributed by atoms with Gasteiger partial charge in [-0.15, -0.1) is 6.58 Å². The molecular weight excluding hydrogens is 344 g/mol. The quantitative estimate of drug-likeness (QED) is 0.404. The summed E-state index contributed by atoms with van der Waals surface area (Å²) in [6, 6.07) is 0. The Hall–Kier alpha value is -0.170. The van der Waals surface area contributed by atoms with Crippen molar-refractivity contribution < 1.29 is 0 Å². The third-order valence-corrected chi connectivity index (χ3v) is 5.77. The van der Waals surface area contributed by atoms with Gasteiger partial charge in [0.15, 0.2) is 0 Å². The van der Waals surface area contributed by atoms with Crippen molar-refractivity contribution in [3.63, 3.8) is 0 Å². The van der Waals surface area contributed by atoms with E-state index in [0.29, 0.717) is 0 Å². The Morgan fingerprint density at radius 2 is 1.33 bits per heavy atom. The summed E-state index contributed by atoms with van der Waals surface area (Å²) in [6.07, 6.45) is 14.3. The molecule has 3 aliphatic carbocycles. The second-order valence-corrected chi connectivity index (χ2v) is 7.16. The molecule has 27 heavy (non-hydrogen) atoms. The second-order valence-electron chi connectivity index (χ2n) is 7.16. The van der Waals surface area contributed by atoms with Crippen LogP contribution >= 0.6 is 13.5 Å². The van der Waals surface area contributed by atoms with Gasteiger partial charge in [0.2, 0.25) is 0 Å². The SMILES string of the molecule is C=CC.CC.CC.CC.CC1C[C@H](C)C12CC2.CCC=C(C)C1CCC1.S. The summed E-state index contributed by atoms with van der Waals surface area (Å²) in [5.74, 6) is 3.10. The topological polar surface area (TPSA) is 0 Å². The van der Waals surface area contributed by atoms with E-state index >= 15 is 0 Å². The van der Waals surface area contributed by atoms with Crippen molar-refractivity contribution in [3.05, 3.63) is 24.3 Å². The largest absolute Gasteiger partial charge is 0.197 e. The first kappa shape index (κ1) is 34.3. The van der Waals surface area contributed by atoms with Crippen LogP contribution in [0, 0.1) is 23.2 Å². The maximum Gasteiger partial charge on any atom is -0.0206 e. The van der Waals surface area contributed by atoms with E-state index in [-0.39, 0.29) is 13.5 Å². The highest BCUT2D eigenvalue weighted by atomic mass is 32.1. The monoisotopic (exact) mass is 400 g/mol. The van der Waals surface area contributed by atoms with Crippen LogP contribution in [0.1, 0.15) is 121 Å². The zero-order valence-electron chi connectivity index (χ0n) is 21.0. The highest BCUT2D eigenvalue weighted by Crippen LogP contribution is 2.67. The lowest BCUT2D eigenvalue weighted by Crippen LogP contribution is -2.34. The average Bonchev–Trinajstić information content (AvgIpc) is 3.44. The van der Waals surface area contributed by atoms with Gasteiger partial charge in [-0.3, -0.25) is 0 Å². The molecule has 1 unspecified atom stereocenters. The Kier molecular flexibility index (Phi) is 28.1. The Balaban J connectivity index is -0.000000135. The molecule has 3 saturated carbocycles. The van der Waals surface area contributed by atoms with Gasteiger partial charge in [-0.05, 0) is 75.5 Å². The van der Waals surface area contributed by atoms with Crippen LogP contribution in [-0.2, 0) is 0 Å². The minimum absolute atomic E-state index is 0. The van der Waals surface area contributed by atoms with E-state index in [2.05, 4.69) is 40.3 Å². The second kappa shape index (κ2) is 22.1. The molecule has 0 aliphatic heterocycles. The Labute approximate surface area is 182 Å². The van der Waals surface area contributed by atoms with Crippen molar-refractivity contribution in [1.82, 2.24) is 0 Å². The molecule has 0 aromatic carbocycles. The molecule has 0 heterocycles. The third-order valence-electron chi connectivity index (χ3n) is 5.77. The van der Waals surface area contributed by atoms with E-state index in [4.69, 9.17) is 0 Å². The number of hydrogen-bond donors (Lipinski definition) is 0. The van der Waals surface area contributed by atoms with Crippen molar-refractivity contribution in [2.24, 2.45) is 23.2 Å². The van der Waals surface area contributed by atoms with Crippen LogP contribution in [0.3, 0.4) is 0 Å². The predicted octanol–water partition coefficient (Wildman–Crippen LogP) is 9.97. The van der Waals surface area contributed by atoms with Gasteiger partial charge in [0.1, 0.15) is 0 Å². The van der Waals surface area contributed by atoms with Gasteiger partial charge in [0, 0.05) is 0 Å². The molecule has 1 spiro atoms. The lowest BCUT2D eigenvalue weighted by atomic mass is 9.63. The van der Waals surface area contributed by atoms with Gasteiger partial charge < -0.3 is 0 Å². The van der Waals surface area contributed by atoms with E-state index in [1.165, 1.54) is 44.9 Å². The smallest absolute Gasteiger partial charge is 0.0206 e. The van der Waals surface area contributed by atoms with Crippen molar-refractivity contribution in [2.45, 2.75) is 121 Å². The van der Waals surface area contributed by atoms with E-state index in [9.17, 15) is 0 Å². The van der Waals surface area contributed by atoms with E-state index in [1.807, 2.05) is 48.5 Å². The van der Waals surface area contributed by atoms with Gasteiger partial charge in [0.25, 0.3) is 0 Å². The fourth-order valence-electron chi connectivity index (χ4n) is 3.81. The third kappa shape index (κ3) is 12.8. The molecule has 0 bridgehead atoms. The Bertz CT molecular complexity index is 311. The van der Waals surface area contributed by atoms with Crippen LogP contribution in [-0.4, -0.2) is 0 Å². The fourth-order valence-corrected chi connectivity index (χ4v) is 3.81. The summed E-state index contributed by atoms with van der Waals surface area (Å²) in [7, 11) is 0. The summed E-state index contributed by atoms with van der Waals surface area (Å²) < 4.78 is 0. The van der Waals surface area contributed by atoms with Crippen molar-refractivity contribution >= 4 is 13.5 Å². The molecular formula is C26H56S. The number of rotatable bonds is 2. The van der Waals surface area contributed by atoms with Crippen LogP contribution < -0.4 is 0 Å². The first-order chi connectivity index (χ1) is 12.5. The maximum absolute atomic E-state index is 3.36. The average molecular weight is 401 g/mol. The molecule has 0 aromatic rings. The molecule has 0 nitrogen and oxygen atoms in total. The molecule has 0 radical (unpaired) electrons. The van der Waals surface area contributed by atoms with Gasteiger partial charge in [0.05, 0.1) is 0 Å². The zero-order valence-corrected chi connectivity index (χ0v) is 22.0. The van der Waals surface area contributed by atoms with Gasteiger partial charge in [-0.1, -0.05) is 86.5 Å². The molecule has 0 amide bonds. The minimum Gasteiger partial charge on any atom is -0.197 e. The lowest BCUT2D eigenvalue weighted by molar-refractivity contribution is 0.0743. The van der Waals surface area contributed by atoms with Crippen LogP contribution in [0.2, 0.25) is 0 Å². The fraction of sp³-hybridized carbons (Fsp3) is 0.846. The van der Waals surface area contributed by atoms with E-state index in [1.54, 1.807) is 11.6 Å². The number of allylic oxidation sites excluding steroid dienone is 3. The molecule has 1 heteroatoms. The first-order valence-corrected chi connectivity index (χ1v) is 11.8. The molecule has 3 aliphatic rings. The van der Waals surface area contributed by atoms with Gasteiger partial charge in [-0.25, -0.2) is 0 Å². The highest BCUT2D eigenvalue weighted by Gasteiger charge is 2.58. The lowest BCUT2D eigenvalue weighted by Gasteiger charge is -2.42. The van der Waals surface area contributed by atoms with Crippen molar-refractivity contribution in [1.29, 1.82) is 0 Å². The molecule has 0 N–H and O–H groups in total. The molecule has 2 atom stereocenters. The van der Waals surface area contributed by atoms with Crippen LogP contribution in [0.25, 0.3) is 0 Å². The van der Waals surface area contributed by atoms with Crippen molar-refractivity contribution in [3.8, 4) is 0 Å². The first-order valence-electron chi connectivity index (χ1n) is 11.8. The minimum atomic E-state index is 0. The Morgan fingerprint density at radius 3 is 1.48 bits per heavy atom. The zero-order chi connectivity index (χ0) is 21.2. The van der Waals surface area contributed by atoms with Crippen LogP contribution in [0.5, 0.6) is 0 Å². The summed E-state index contributed by atoms with van der Waals surface area (Å²) in [4.78, 5) is 0. The highest BCUT2D eigenvalue weighted by molar-refractivity contribution is 7.59. The summed E-state index contributed by atoms with van der Waals surface area (Å²) in [5, 5.41) is 0. The van der Waals surface area contributed by atoms with Crippen LogP contribution in [0.15, 0.2) is 24.3 Å². The maximum atomic E-state index is 3.36. The summed E-state index contributed by atoms with van der Waals surface area (Å²) >= 11 is 0. The Morgan fingerprint density at radius 1 is 0.963 bits per heavy atom. The molecule has 0 saturated heterocycles. The van der Waals surface area contributed by atoms with E-state index in [0.717, 1.165) is 23.2 Å². The predicted molar refractivity (Wildman–Crippen MR) is 136 cm³/mol. The summed E-state index contributed by atoms with van der Waals surface area (Å²) in [5.41, 5.74) is 2.52. The summed E-state index contributed by atoms with van der Waals surface area (Å²) in [6.45, 7) is 26.6. The molecule has 3 fully saturated rings. The molecule has 0 aromatic heterocycles. The van der Waals surface area contributed by atoms with Crippen LogP contribution in [0.4, 0.5) is 0 Å². The van der Waals surface area contributed by atoms with Gasteiger partial charge in [-0.2, -0.15) is 13.5 Å². The molecule has 3 rings (SSSR count). The molecule has 166 valence electrons. The standard InChI is InChI=1S/C9H16.C8H14.C3H6.3C2H6.H2S/c1-3-5-8(2)9-6-4-7-9;1-6-5-7(2)8(6)3-4-8;1-3-2;3*1-2;/h5,9H,3-4,6-7H2,1-2H3;6-7H,3-5H2,1-2H3;3H,1H2,2H3;3*1-2H3;1H2/t;6-,7?;;;;;/m.0...../s1. The van der Waals surface area contributed by atoms with Crippen molar-refractivity contribution in [2.75, 3.05) is 0 Å². The number of hydrogen-bond acceptors (Lipinski definition) is 0. The normalized spacial score (nSPS) is 22.9.